The number of imide groups is 1. The lowest BCUT2D eigenvalue weighted by molar-refractivity contribution is -0.0377. The van der Waals surface area contributed by atoms with Crippen molar-refractivity contribution in [1.82, 2.24) is 5.06 Å². The first-order chi connectivity index (χ1) is 9.00. The average molecular weight is 277 g/mol. The summed E-state index contributed by atoms with van der Waals surface area (Å²) < 4.78 is 20.2. The third-order valence-electron chi connectivity index (χ3n) is 3.00. The molecular weight excluding hydrogens is 270 g/mol. The van der Waals surface area contributed by atoms with Gasteiger partial charge < -0.3 is 4.55 Å². The summed E-state index contributed by atoms with van der Waals surface area (Å²) >= 11 is -2.25. The molecule has 1 heterocycles. The normalized spacial score (nSPS) is 16.0. The van der Waals surface area contributed by atoms with Gasteiger partial charge in [0.2, 0.25) is 0 Å². The van der Waals surface area contributed by atoms with Gasteiger partial charge in [0.25, 0.3) is 11.8 Å². The van der Waals surface area contributed by atoms with E-state index >= 15 is 0 Å². The number of hydrogen-bond acceptors (Lipinski definition) is 4. The monoisotopic (exact) mass is 277 g/mol. The molecule has 0 radical (unpaired) electrons. The summed E-state index contributed by atoms with van der Waals surface area (Å²) in [5.41, 5.74) is 0.220. The van der Waals surface area contributed by atoms with Crippen LogP contribution in [0.2, 0.25) is 0 Å². The van der Waals surface area contributed by atoms with E-state index in [1.54, 1.807) is 12.1 Å². The molecule has 0 bridgehead atoms. The molecule has 2 aromatic rings. The minimum atomic E-state index is -2.25. The molecule has 0 spiro atoms. The lowest BCUT2D eigenvalue weighted by atomic mass is 9.95. The highest BCUT2D eigenvalue weighted by Crippen LogP contribution is 2.31. The second kappa shape index (κ2) is 3.95. The Balaban J connectivity index is 2.48. The Morgan fingerprint density at radius 2 is 1.74 bits per heavy atom. The summed E-state index contributed by atoms with van der Waals surface area (Å²) in [6.45, 7) is 0. The van der Waals surface area contributed by atoms with Gasteiger partial charge in [-0.05, 0) is 23.6 Å². The maximum atomic E-state index is 11.9. The third kappa shape index (κ3) is 1.60. The van der Waals surface area contributed by atoms with Gasteiger partial charge in [0, 0.05) is 5.39 Å². The zero-order valence-electron chi connectivity index (χ0n) is 9.36. The highest BCUT2D eigenvalue weighted by molar-refractivity contribution is 7.79. The standard InChI is InChI=1S/C12H7NO5S/c14-11-8-3-1-2-6-4-7(19(17)18)5-9(10(6)8)12(15)13(11)16/h1-5,16H,(H,17,18). The molecule has 7 heteroatoms. The second-order valence-corrected chi connectivity index (χ2v) is 5.02. The van der Waals surface area contributed by atoms with Crippen LogP contribution in [0, 0.1) is 0 Å². The molecule has 0 fully saturated rings. The van der Waals surface area contributed by atoms with Gasteiger partial charge in [-0.25, -0.2) is 4.21 Å². The summed E-state index contributed by atoms with van der Waals surface area (Å²) in [7, 11) is 0. The van der Waals surface area contributed by atoms with Crippen LogP contribution < -0.4 is 0 Å². The van der Waals surface area contributed by atoms with Crippen LogP contribution in [0.15, 0.2) is 35.2 Å². The van der Waals surface area contributed by atoms with E-state index < -0.39 is 22.9 Å². The first-order valence-corrected chi connectivity index (χ1v) is 6.36. The highest BCUT2D eigenvalue weighted by Gasteiger charge is 2.32. The van der Waals surface area contributed by atoms with Crippen molar-refractivity contribution in [1.29, 1.82) is 0 Å². The van der Waals surface area contributed by atoms with Gasteiger partial charge in [0.05, 0.1) is 16.0 Å². The molecule has 0 aliphatic carbocycles. The van der Waals surface area contributed by atoms with Crippen molar-refractivity contribution in [2.24, 2.45) is 0 Å². The highest BCUT2D eigenvalue weighted by atomic mass is 32.2. The van der Waals surface area contributed by atoms with Crippen LogP contribution in [0.4, 0.5) is 0 Å². The topological polar surface area (TPSA) is 94.9 Å². The second-order valence-electron chi connectivity index (χ2n) is 4.05. The predicted octanol–water partition coefficient (Wildman–Crippen LogP) is 1.41. The maximum Gasteiger partial charge on any atom is 0.285 e. The van der Waals surface area contributed by atoms with Crippen molar-refractivity contribution in [3.63, 3.8) is 0 Å². The Kier molecular flexibility index (Phi) is 2.49. The molecule has 0 saturated carbocycles. The van der Waals surface area contributed by atoms with Gasteiger partial charge in [-0.3, -0.25) is 14.8 Å². The molecule has 3 rings (SSSR count). The Bertz CT molecular complexity index is 770. The lowest BCUT2D eigenvalue weighted by Gasteiger charge is -2.22. The van der Waals surface area contributed by atoms with Crippen LogP contribution >= 0.6 is 0 Å². The van der Waals surface area contributed by atoms with Gasteiger partial charge in [0.15, 0.2) is 11.1 Å². The van der Waals surface area contributed by atoms with Crippen molar-refractivity contribution < 1.29 is 23.6 Å². The van der Waals surface area contributed by atoms with Gasteiger partial charge in [-0.1, -0.05) is 12.1 Å². The van der Waals surface area contributed by atoms with Crippen molar-refractivity contribution >= 4 is 33.7 Å². The first kappa shape index (κ1) is 12.0. The fraction of sp³-hybridized carbons (Fsp3) is 0. The molecule has 2 N–H and O–H groups in total. The van der Waals surface area contributed by atoms with Crippen LogP contribution in [0.5, 0.6) is 0 Å². The van der Waals surface area contributed by atoms with Gasteiger partial charge in [-0.2, -0.15) is 0 Å². The van der Waals surface area contributed by atoms with Crippen molar-refractivity contribution in [3.8, 4) is 0 Å². The number of nitrogens with zero attached hydrogens (tertiary/aromatic N) is 1. The SMILES string of the molecule is O=C1c2cccc3cc(S(=O)O)cc(c23)C(=O)N1O. The van der Waals surface area contributed by atoms with Gasteiger partial charge in [0.1, 0.15) is 0 Å². The molecule has 2 aromatic carbocycles. The fourth-order valence-corrected chi connectivity index (χ4v) is 2.61. The first-order valence-electron chi connectivity index (χ1n) is 5.26. The van der Waals surface area contributed by atoms with Crippen molar-refractivity contribution in [3.05, 3.63) is 41.5 Å². The summed E-state index contributed by atoms with van der Waals surface area (Å²) in [5.74, 6) is -1.71. The molecule has 0 saturated heterocycles. The fourth-order valence-electron chi connectivity index (χ4n) is 2.17. The van der Waals surface area contributed by atoms with E-state index in [9.17, 15) is 19.0 Å². The lowest BCUT2D eigenvalue weighted by Crippen LogP contribution is -2.37. The third-order valence-corrected chi connectivity index (χ3v) is 3.64. The quantitative estimate of drug-likeness (QED) is 0.467. The molecule has 1 aliphatic rings. The van der Waals surface area contributed by atoms with Gasteiger partial charge in [-0.15, -0.1) is 5.06 Å². The molecule has 1 atom stereocenters. The number of hydroxylamine groups is 2. The molecule has 0 aromatic heterocycles. The zero-order chi connectivity index (χ0) is 13.7. The molecule has 1 aliphatic heterocycles. The van der Waals surface area contributed by atoms with Gasteiger partial charge >= 0.3 is 0 Å². The zero-order valence-corrected chi connectivity index (χ0v) is 10.2. The molecule has 19 heavy (non-hydrogen) atoms. The number of rotatable bonds is 1. The molecule has 2 amide bonds. The van der Waals surface area contributed by atoms with Crippen molar-refractivity contribution in [2.75, 3.05) is 0 Å². The summed E-state index contributed by atoms with van der Waals surface area (Å²) in [4.78, 5) is 23.7. The summed E-state index contributed by atoms with van der Waals surface area (Å²) in [6.07, 6.45) is 0. The minimum absolute atomic E-state index is 0.0151. The number of hydrogen-bond donors (Lipinski definition) is 2. The van der Waals surface area contributed by atoms with E-state index in [0.717, 1.165) is 0 Å². The van der Waals surface area contributed by atoms with Crippen LogP contribution in [-0.4, -0.2) is 30.8 Å². The van der Waals surface area contributed by atoms with Crippen molar-refractivity contribution in [2.45, 2.75) is 4.90 Å². The van der Waals surface area contributed by atoms with E-state index in [1.807, 2.05) is 0 Å². The van der Waals surface area contributed by atoms with Crippen LogP contribution in [0.3, 0.4) is 0 Å². The Morgan fingerprint density at radius 3 is 2.42 bits per heavy atom. The van der Waals surface area contributed by atoms with E-state index in [0.29, 0.717) is 10.8 Å². The maximum absolute atomic E-state index is 11.9. The number of carbonyl (C=O) groups is 2. The summed E-state index contributed by atoms with van der Waals surface area (Å²) in [5, 5.41) is 10.4. The minimum Gasteiger partial charge on any atom is -0.302 e. The van der Waals surface area contributed by atoms with Crippen LogP contribution in [0.1, 0.15) is 20.7 Å². The number of carbonyl (C=O) groups excluding carboxylic acids is 2. The smallest absolute Gasteiger partial charge is 0.285 e. The molecule has 1 unspecified atom stereocenters. The van der Waals surface area contributed by atoms with Crippen LogP contribution in [-0.2, 0) is 11.1 Å². The van der Waals surface area contributed by atoms with E-state index in [-0.39, 0.29) is 21.1 Å². The Labute approximate surface area is 109 Å². The number of benzene rings is 2. The molecule has 6 nitrogen and oxygen atoms in total. The molecule has 96 valence electrons. The van der Waals surface area contributed by atoms with E-state index in [1.165, 1.54) is 18.2 Å². The predicted molar refractivity (Wildman–Crippen MR) is 65.3 cm³/mol. The average Bonchev–Trinajstić information content (AvgIpc) is 2.41. The summed E-state index contributed by atoms with van der Waals surface area (Å²) in [6, 6.07) is 7.34. The number of amides is 2. The largest absolute Gasteiger partial charge is 0.302 e. The molecular formula is C12H7NO5S. The van der Waals surface area contributed by atoms with E-state index in [2.05, 4.69) is 0 Å². The Morgan fingerprint density at radius 1 is 1.05 bits per heavy atom. The van der Waals surface area contributed by atoms with Crippen LogP contribution in [0.25, 0.3) is 10.8 Å². The van der Waals surface area contributed by atoms with E-state index in [4.69, 9.17) is 4.55 Å². The Hall–Kier alpha value is -2.09.